The molecule has 9 nitrogen and oxygen atoms in total. The number of likely N-dealkylation sites (N-methyl/N-ethyl adjacent to an activating group) is 2. The van der Waals surface area contributed by atoms with Gasteiger partial charge in [0.15, 0.2) is 16.4 Å². The fourth-order valence-electron chi connectivity index (χ4n) is 4.90. The minimum atomic E-state index is -1.18. The Kier molecular flexibility index (Phi) is 5.71. The van der Waals surface area contributed by atoms with Crippen LogP contribution in [0.15, 0.2) is 60.7 Å². The summed E-state index contributed by atoms with van der Waals surface area (Å²) in [5.41, 5.74) is -0.696. The number of hydrogen-bond acceptors (Lipinski definition) is 5. The molecule has 172 valence electrons. The molecule has 0 aromatic heterocycles. The zero-order chi connectivity index (χ0) is 23.8. The van der Waals surface area contributed by atoms with Gasteiger partial charge in [0.2, 0.25) is 5.91 Å². The third-order valence-electron chi connectivity index (χ3n) is 6.32. The average Bonchev–Trinajstić information content (AvgIpc) is 3.20. The fourth-order valence-corrected chi connectivity index (χ4v) is 5.17. The molecule has 2 aromatic carbocycles. The van der Waals surface area contributed by atoms with Crippen molar-refractivity contribution in [2.75, 3.05) is 34.3 Å². The van der Waals surface area contributed by atoms with Crippen LogP contribution in [0, 0.1) is 0 Å². The number of nitrogens with zero attached hydrogens (tertiary/aromatic N) is 3. The highest BCUT2D eigenvalue weighted by atomic mass is 32.1. The number of methoxy groups -OCH3 is 1. The molecule has 0 radical (unpaired) electrons. The number of esters is 1. The zero-order valence-corrected chi connectivity index (χ0v) is 19.4. The lowest BCUT2D eigenvalue weighted by Crippen LogP contribution is -2.63. The fraction of sp³-hybridized carbons (Fsp3) is 0.304. The van der Waals surface area contributed by atoms with E-state index in [1.54, 1.807) is 0 Å². The van der Waals surface area contributed by atoms with E-state index in [2.05, 4.69) is 15.4 Å². The number of nitrogens with one attached hydrogen (secondary N) is 2. The smallest absolute Gasteiger partial charge is 0.325 e. The lowest BCUT2D eigenvalue weighted by atomic mass is 9.80. The number of hydrogen-bond donors (Lipinski definition) is 2. The van der Waals surface area contributed by atoms with E-state index >= 15 is 0 Å². The molecule has 0 bridgehead atoms. The van der Waals surface area contributed by atoms with E-state index in [9.17, 15) is 14.4 Å². The molecule has 2 fully saturated rings. The van der Waals surface area contributed by atoms with Gasteiger partial charge in [-0.05, 0) is 12.2 Å². The van der Waals surface area contributed by atoms with Crippen LogP contribution in [-0.4, -0.2) is 72.0 Å². The standard InChI is InChI=1S/C23H25N5O4S/c1-26-21(33)27(2)23(17-12-8-5-9-13-17)22(26,16-10-6-4-7-11-16)25-20(31)28(23)15-18(29)24-14-19(30)32-3/h4-13H,14-15H2,1-3H3,(H,24,29)(H,25,31). The maximum atomic E-state index is 13.5. The number of urea groups is 1. The highest BCUT2D eigenvalue weighted by Crippen LogP contribution is 2.56. The van der Waals surface area contributed by atoms with Crippen LogP contribution in [0.4, 0.5) is 4.79 Å². The van der Waals surface area contributed by atoms with E-state index in [0.29, 0.717) is 5.11 Å². The number of amides is 3. The average molecular weight is 468 g/mol. The summed E-state index contributed by atoms with van der Waals surface area (Å²) in [4.78, 5) is 43.0. The van der Waals surface area contributed by atoms with Gasteiger partial charge in [-0.25, -0.2) is 4.79 Å². The number of ether oxygens (including phenoxy) is 1. The Hall–Kier alpha value is -3.66. The quantitative estimate of drug-likeness (QED) is 0.487. The molecule has 0 aliphatic carbocycles. The van der Waals surface area contributed by atoms with Crippen LogP contribution in [-0.2, 0) is 25.7 Å². The molecule has 2 aromatic rings. The van der Waals surface area contributed by atoms with Gasteiger partial charge >= 0.3 is 12.0 Å². The number of benzene rings is 2. The van der Waals surface area contributed by atoms with E-state index in [-0.39, 0.29) is 13.1 Å². The molecule has 2 N–H and O–H groups in total. The molecule has 2 atom stereocenters. The first kappa shape index (κ1) is 22.5. The summed E-state index contributed by atoms with van der Waals surface area (Å²) in [5.74, 6) is -1.08. The minimum absolute atomic E-state index is 0.291. The predicted molar refractivity (Wildman–Crippen MR) is 125 cm³/mol. The Labute approximate surface area is 197 Å². The third-order valence-corrected chi connectivity index (χ3v) is 6.87. The molecule has 3 amide bonds. The van der Waals surface area contributed by atoms with Gasteiger partial charge in [0.1, 0.15) is 13.1 Å². The van der Waals surface area contributed by atoms with Crippen molar-refractivity contribution in [1.29, 1.82) is 0 Å². The van der Waals surface area contributed by atoms with Crippen LogP contribution in [0.1, 0.15) is 11.1 Å². The van der Waals surface area contributed by atoms with Gasteiger partial charge in [0.25, 0.3) is 0 Å². The second-order valence-corrected chi connectivity index (χ2v) is 8.25. The molecular weight excluding hydrogens is 442 g/mol. The van der Waals surface area contributed by atoms with Crippen molar-refractivity contribution in [3.63, 3.8) is 0 Å². The second kappa shape index (κ2) is 8.36. The zero-order valence-electron chi connectivity index (χ0n) is 18.6. The van der Waals surface area contributed by atoms with Crippen LogP contribution >= 0.6 is 12.2 Å². The van der Waals surface area contributed by atoms with Gasteiger partial charge in [0, 0.05) is 25.2 Å². The molecule has 2 heterocycles. The van der Waals surface area contributed by atoms with E-state index in [0.717, 1.165) is 11.1 Å². The third kappa shape index (κ3) is 3.12. The second-order valence-electron chi connectivity index (χ2n) is 7.88. The molecule has 0 spiro atoms. The molecule has 2 saturated heterocycles. The van der Waals surface area contributed by atoms with Gasteiger partial charge in [-0.1, -0.05) is 60.7 Å². The normalized spacial score (nSPS) is 23.9. The van der Waals surface area contributed by atoms with Crippen molar-refractivity contribution in [3.8, 4) is 0 Å². The van der Waals surface area contributed by atoms with E-state index < -0.39 is 29.2 Å². The van der Waals surface area contributed by atoms with Crippen molar-refractivity contribution in [3.05, 3.63) is 71.8 Å². The van der Waals surface area contributed by atoms with Gasteiger partial charge in [-0.2, -0.15) is 0 Å². The Morgan fingerprint density at radius 3 is 2.15 bits per heavy atom. The highest BCUT2D eigenvalue weighted by molar-refractivity contribution is 7.80. The molecule has 2 aliphatic heterocycles. The number of carbonyl (C=O) groups excluding carboxylic acids is 3. The molecule has 0 saturated carbocycles. The van der Waals surface area contributed by atoms with Gasteiger partial charge in [-0.3, -0.25) is 14.5 Å². The van der Waals surface area contributed by atoms with Crippen molar-refractivity contribution < 1.29 is 19.1 Å². The van der Waals surface area contributed by atoms with Gasteiger partial charge in [0.05, 0.1) is 7.11 Å². The largest absolute Gasteiger partial charge is 0.468 e. The Bertz CT molecular complexity index is 1100. The van der Waals surface area contributed by atoms with Crippen molar-refractivity contribution >= 4 is 35.2 Å². The summed E-state index contributed by atoms with van der Waals surface area (Å²) in [6, 6.07) is 18.6. The highest BCUT2D eigenvalue weighted by Gasteiger charge is 2.74. The number of rotatable bonds is 6. The maximum absolute atomic E-state index is 13.5. The van der Waals surface area contributed by atoms with Crippen LogP contribution < -0.4 is 10.6 Å². The predicted octanol–water partition coefficient (Wildman–Crippen LogP) is 1.17. The van der Waals surface area contributed by atoms with Crippen LogP contribution in [0.5, 0.6) is 0 Å². The van der Waals surface area contributed by atoms with E-state index in [1.807, 2.05) is 84.6 Å². The number of carbonyl (C=O) groups is 3. The Morgan fingerprint density at radius 1 is 1.00 bits per heavy atom. The van der Waals surface area contributed by atoms with Crippen LogP contribution in [0.25, 0.3) is 0 Å². The summed E-state index contributed by atoms with van der Waals surface area (Å²) in [6.07, 6.45) is 0. The first-order valence-electron chi connectivity index (χ1n) is 10.4. The summed E-state index contributed by atoms with van der Waals surface area (Å²) in [6.45, 7) is -0.589. The van der Waals surface area contributed by atoms with E-state index in [4.69, 9.17) is 12.2 Å². The first-order valence-corrected chi connectivity index (χ1v) is 10.8. The van der Waals surface area contributed by atoms with Gasteiger partial charge in [-0.15, -0.1) is 0 Å². The lowest BCUT2D eigenvalue weighted by molar-refractivity contribution is -0.141. The van der Waals surface area contributed by atoms with Crippen molar-refractivity contribution in [2.24, 2.45) is 0 Å². The number of fused-ring (bicyclic) bond motifs is 1. The monoisotopic (exact) mass is 467 g/mol. The molecule has 2 unspecified atom stereocenters. The summed E-state index contributed by atoms with van der Waals surface area (Å²) in [7, 11) is 4.89. The molecule has 10 heteroatoms. The maximum Gasteiger partial charge on any atom is 0.325 e. The van der Waals surface area contributed by atoms with Crippen molar-refractivity contribution in [1.82, 2.24) is 25.3 Å². The molecule has 2 aliphatic rings. The summed E-state index contributed by atoms with van der Waals surface area (Å²) in [5, 5.41) is 6.16. The minimum Gasteiger partial charge on any atom is -0.468 e. The molecule has 33 heavy (non-hydrogen) atoms. The molecular formula is C23H25N5O4S. The summed E-state index contributed by atoms with van der Waals surface area (Å²) < 4.78 is 4.59. The van der Waals surface area contributed by atoms with E-state index in [1.165, 1.54) is 12.0 Å². The van der Waals surface area contributed by atoms with Crippen molar-refractivity contribution in [2.45, 2.75) is 11.3 Å². The van der Waals surface area contributed by atoms with Crippen LogP contribution in [0.3, 0.4) is 0 Å². The first-order chi connectivity index (χ1) is 15.8. The summed E-state index contributed by atoms with van der Waals surface area (Å²) >= 11 is 5.78. The van der Waals surface area contributed by atoms with Gasteiger partial charge < -0.3 is 25.2 Å². The van der Waals surface area contributed by atoms with Crippen LogP contribution in [0.2, 0.25) is 0 Å². The topological polar surface area (TPSA) is 94.2 Å². The number of thiocarbonyl (C=S) groups is 1. The lowest BCUT2D eigenvalue weighted by Gasteiger charge is -2.47. The Balaban J connectivity index is 1.90. The molecule has 4 rings (SSSR count). The SMILES string of the molecule is COC(=O)CNC(=O)CN1C(=O)NC2(c3ccccc3)N(C)C(=S)N(C)C12c1ccccc1. The Morgan fingerprint density at radius 2 is 1.58 bits per heavy atom.